The van der Waals surface area contributed by atoms with Gasteiger partial charge in [-0.05, 0) is 44.4 Å². The Morgan fingerprint density at radius 3 is 2.83 bits per heavy atom. The maximum absolute atomic E-state index is 4.68. The van der Waals surface area contributed by atoms with Gasteiger partial charge in [0.05, 0.1) is 5.69 Å². The van der Waals surface area contributed by atoms with Gasteiger partial charge < -0.3 is 5.32 Å². The van der Waals surface area contributed by atoms with E-state index in [9.17, 15) is 0 Å². The summed E-state index contributed by atoms with van der Waals surface area (Å²) in [6, 6.07) is 3.22. The molecule has 0 aliphatic heterocycles. The van der Waals surface area contributed by atoms with Crippen molar-refractivity contribution in [3.63, 3.8) is 0 Å². The van der Waals surface area contributed by atoms with Gasteiger partial charge in [0.15, 0.2) is 0 Å². The highest BCUT2D eigenvalue weighted by Crippen LogP contribution is 2.12. The number of hydrogen-bond acceptors (Lipinski definition) is 3. The molecule has 18 heavy (non-hydrogen) atoms. The number of likely N-dealkylation sites (N-methyl/N-ethyl adjacent to an activating group) is 1. The molecule has 1 N–H and O–H groups in total. The summed E-state index contributed by atoms with van der Waals surface area (Å²) in [5.74, 6) is 1.21. The molecule has 2 atom stereocenters. The largest absolute Gasteiger partial charge is 0.314 e. The third-order valence-corrected chi connectivity index (χ3v) is 3.97. The summed E-state index contributed by atoms with van der Waals surface area (Å²) in [6.07, 6.45) is 7.66. The summed E-state index contributed by atoms with van der Waals surface area (Å²) >= 11 is 1.91. The van der Waals surface area contributed by atoms with Gasteiger partial charge in [-0.25, -0.2) is 0 Å². The van der Waals surface area contributed by atoms with E-state index in [1.807, 2.05) is 11.8 Å². The highest BCUT2D eigenvalue weighted by molar-refractivity contribution is 7.98. The standard InChI is InChI=1S/C14H27N3S/c1-5-12(3)17-9-7-14(16-17)11-13(15-6-2)8-10-18-4/h7,9,12-13,15H,5-6,8,10-11H2,1-4H3. The van der Waals surface area contributed by atoms with E-state index < -0.39 is 0 Å². The van der Waals surface area contributed by atoms with Crippen molar-refractivity contribution in [3.05, 3.63) is 18.0 Å². The van der Waals surface area contributed by atoms with Crippen LogP contribution in [0.25, 0.3) is 0 Å². The van der Waals surface area contributed by atoms with Crippen molar-refractivity contribution in [3.8, 4) is 0 Å². The van der Waals surface area contributed by atoms with Crippen LogP contribution in [0.3, 0.4) is 0 Å². The first-order valence-electron chi connectivity index (χ1n) is 6.97. The summed E-state index contributed by atoms with van der Waals surface area (Å²) in [5, 5.41) is 8.24. The molecule has 0 aliphatic carbocycles. The average molecular weight is 269 g/mol. The molecule has 0 fully saturated rings. The van der Waals surface area contributed by atoms with Crippen LogP contribution in [0.1, 0.15) is 45.3 Å². The Morgan fingerprint density at radius 2 is 2.22 bits per heavy atom. The molecule has 1 heterocycles. The first-order chi connectivity index (χ1) is 8.71. The minimum absolute atomic E-state index is 0.502. The Morgan fingerprint density at radius 1 is 1.44 bits per heavy atom. The van der Waals surface area contributed by atoms with E-state index in [1.165, 1.54) is 17.9 Å². The summed E-state index contributed by atoms with van der Waals surface area (Å²) in [5.41, 5.74) is 1.21. The van der Waals surface area contributed by atoms with Gasteiger partial charge in [0.1, 0.15) is 0 Å². The zero-order chi connectivity index (χ0) is 13.4. The average Bonchev–Trinajstić information content (AvgIpc) is 2.83. The highest BCUT2D eigenvalue weighted by Gasteiger charge is 2.11. The lowest BCUT2D eigenvalue weighted by molar-refractivity contribution is 0.462. The predicted molar refractivity (Wildman–Crippen MR) is 81.4 cm³/mol. The van der Waals surface area contributed by atoms with Gasteiger partial charge in [0, 0.05) is 24.7 Å². The molecule has 0 bridgehead atoms. The second-order valence-electron chi connectivity index (χ2n) is 4.78. The van der Waals surface area contributed by atoms with Crippen LogP contribution in [0, 0.1) is 0 Å². The Kier molecular flexibility index (Phi) is 7.44. The van der Waals surface area contributed by atoms with Crippen molar-refractivity contribution in [2.75, 3.05) is 18.6 Å². The first kappa shape index (κ1) is 15.6. The molecule has 0 aromatic carbocycles. The molecule has 3 nitrogen and oxygen atoms in total. The number of aromatic nitrogens is 2. The molecule has 4 heteroatoms. The molecule has 0 aliphatic rings. The van der Waals surface area contributed by atoms with Crippen LogP contribution < -0.4 is 5.32 Å². The zero-order valence-corrected chi connectivity index (χ0v) is 13.0. The number of nitrogens with zero attached hydrogens (tertiary/aromatic N) is 2. The van der Waals surface area contributed by atoms with Crippen molar-refractivity contribution in [2.45, 2.75) is 52.1 Å². The fourth-order valence-electron chi connectivity index (χ4n) is 2.00. The molecular weight excluding hydrogens is 242 g/mol. The first-order valence-corrected chi connectivity index (χ1v) is 8.36. The lowest BCUT2D eigenvalue weighted by Crippen LogP contribution is -2.31. The van der Waals surface area contributed by atoms with Crippen molar-refractivity contribution in [1.82, 2.24) is 15.1 Å². The SMILES string of the molecule is CCNC(CCSC)Cc1ccn(C(C)CC)n1. The van der Waals surface area contributed by atoms with E-state index in [1.54, 1.807) is 0 Å². The fourth-order valence-corrected chi connectivity index (χ4v) is 2.52. The minimum atomic E-state index is 0.502. The second-order valence-corrected chi connectivity index (χ2v) is 5.77. The van der Waals surface area contributed by atoms with Gasteiger partial charge >= 0.3 is 0 Å². The maximum atomic E-state index is 4.68. The topological polar surface area (TPSA) is 29.9 Å². The van der Waals surface area contributed by atoms with Crippen LogP contribution >= 0.6 is 11.8 Å². The molecule has 0 saturated carbocycles. The highest BCUT2D eigenvalue weighted by atomic mass is 32.2. The van der Waals surface area contributed by atoms with Crippen molar-refractivity contribution < 1.29 is 0 Å². The zero-order valence-electron chi connectivity index (χ0n) is 12.1. The molecule has 0 saturated heterocycles. The van der Waals surface area contributed by atoms with Crippen LogP contribution in [-0.4, -0.2) is 34.4 Å². The van der Waals surface area contributed by atoms with Crippen molar-refractivity contribution >= 4 is 11.8 Å². The Hall–Kier alpha value is -0.480. The van der Waals surface area contributed by atoms with Crippen LogP contribution in [0.4, 0.5) is 0 Å². The van der Waals surface area contributed by atoms with Crippen LogP contribution in [0.15, 0.2) is 12.3 Å². The normalized spacial score (nSPS) is 14.7. The number of hydrogen-bond donors (Lipinski definition) is 1. The molecule has 1 rings (SSSR count). The smallest absolute Gasteiger partial charge is 0.0640 e. The van der Waals surface area contributed by atoms with Crippen molar-refractivity contribution in [2.24, 2.45) is 0 Å². The summed E-state index contributed by atoms with van der Waals surface area (Å²) < 4.78 is 2.09. The summed E-state index contributed by atoms with van der Waals surface area (Å²) in [4.78, 5) is 0. The summed E-state index contributed by atoms with van der Waals surface area (Å²) in [7, 11) is 0. The second kappa shape index (κ2) is 8.59. The van der Waals surface area contributed by atoms with Gasteiger partial charge in [-0.15, -0.1) is 0 Å². The van der Waals surface area contributed by atoms with E-state index in [0.717, 1.165) is 19.4 Å². The minimum Gasteiger partial charge on any atom is -0.314 e. The summed E-state index contributed by atoms with van der Waals surface area (Å²) in [6.45, 7) is 7.62. The quantitative estimate of drug-likeness (QED) is 0.747. The lowest BCUT2D eigenvalue weighted by Gasteiger charge is -2.16. The number of thioether (sulfide) groups is 1. The monoisotopic (exact) mass is 269 g/mol. The van der Waals surface area contributed by atoms with Gasteiger partial charge in [0.2, 0.25) is 0 Å². The predicted octanol–water partition coefficient (Wildman–Crippen LogP) is 3.13. The Labute approximate surface area is 116 Å². The maximum Gasteiger partial charge on any atom is 0.0640 e. The van der Waals surface area contributed by atoms with E-state index in [4.69, 9.17) is 0 Å². The van der Waals surface area contributed by atoms with Gasteiger partial charge in [-0.3, -0.25) is 4.68 Å². The van der Waals surface area contributed by atoms with Crippen LogP contribution in [0.5, 0.6) is 0 Å². The van der Waals surface area contributed by atoms with Gasteiger partial charge in [-0.2, -0.15) is 16.9 Å². The van der Waals surface area contributed by atoms with E-state index >= 15 is 0 Å². The molecular formula is C14H27N3S. The molecule has 0 amide bonds. The van der Waals surface area contributed by atoms with Crippen molar-refractivity contribution in [1.29, 1.82) is 0 Å². The molecule has 2 unspecified atom stereocenters. The number of nitrogens with one attached hydrogen (secondary N) is 1. The van der Waals surface area contributed by atoms with E-state index in [0.29, 0.717) is 12.1 Å². The van der Waals surface area contributed by atoms with Gasteiger partial charge in [-0.1, -0.05) is 13.8 Å². The Balaban J connectivity index is 2.54. The lowest BCUT2D eigenvalue weighted by atomic mass is 10.1. The molecule has 1 aromatic rings. The third kappa shape index (κ3) is 5.02. The number of rotatable bonds is 9. The molecule has 1 aromatic heterocycles. The molecule has 104 valence electrons. The van der Waals surface area contributed by atoms with E-state index in [2.05, 4.69) is 54.4 Å². The van der Waals surface area contributed by atoms with E-state index in [-0.39, 0.29) is 0 Å². The van der Waals surface area contributed by atoms with Crippen LogP contribution in [-0.2, 0) is 6.42 Å². The molecule has 0 radical (unpaired) electrons. The Bertz CT molecular complexity index is 325. The molecule has 0 spiro atoms. The third-order valence-electron chi connectivity index (χ3n) is 3.32. The van der Waals surface area contributed by atoms with Crippen LogP contribution in [0.2, 0.25) is 0 Å². The van der Waals surface area contributed by atoms with Gasteiger partial charge in [0.25, 0.3) is 0 Å². The fraction of sp³-hybridized carbons (Fsp3) is 0.786.